The number of ether oxygens (including phenoxy) is 1. The highest BCUT2D eigenvalue weighted by Crippen LogP contribution is 2.02. The number of hydrogen-bond donors (Lipinski definition) is 2. The summed E-state index contributed by atoms with van der Waals surface area (Å²) >= 11 is 0. The molecule has 1 rings (SSSR count). The molecular formula is C9H17N5O3. The van der Waals surface area contributed by atoms with Gasteiger partial charge in [0.15, 0.2) is 0 Å². The maximum atomic E-state index is 11.5. The van der Waals surface area contributed by atoms with E-state index in [0.29, 0.717) is 19.7 Å². The average molecular weight is 243 g/mol. The van der Waals surface area contributed by atoms with Crippen LogP contribution in [0.25, 0.3) is 0 Å². The van der Waals surface area contributed by atoms with Crippen LogP contribution in [0.3, 0.4) is 0 Å². The minimum absolute atomic E-state index is 0.00441. The number of nitrogen functional groups attached to an aromatic ring is 1. The first-order valence-corrected chi connectivity index (χ1v) is 5.19. The molecule has 0 fully saturated rings. The molecule has 0 radical (unpaired) electrons. The lowest BCUT2D eigenvalue weighted by Gasteiger charge is -2.15. The molecule has 3 N–H and O–H groups in total. The molecule has 0 aliphatic carbocycles. The van der Waals surface area contributed by atoms with Crippen molar-refractivity contribution in [1.82, 2.24) is 20.5 Å². The number of carbonyl (C=O) groups is 1. The molecule has 17 heavy (non-hydrogen) atoms. The highest BCUT2D eigenvalue weighted by Gasteiger charge is 2.15. The van der Waals surface area contributed by atoms with Crippen molar-refractivity contribution >= 4 is 11.7 Å². The Bertz CT molecular complexity index is 354. The SMILES string of the molecule is COCCN(C)CCNC(=O)c1nonc1N. The zero-order chi connectivity index (χ0) is 12.7. The number of hydrogen-bond acceptors (Lipinski definition) is 7. The smallest absolute Gasteiger partial charge is 0.277 e. The number of nitrogens with two attached hydrogens (primary N) is 1. The molecule has 0 bridgehead atoms. The Kier molecular flexibility index (Phi) is 5.37. The third-order valence-corrected chi connectivity index (χ3v) is 2.19. The maximum absolute atomic E-state index is 11.5. The quantitative estimate of drug-likeness (QED) is 0.630. The van der Waals surface area contributed by atoms with Gasteiger partial charge in [-0.2, -0.15) is 0 Å². The van der Waals surface area contributed by atoms with E-state index in [0.717, 1.165) is 6.54 Å². The standard InChI is InChI=1S/C9H17N5O3/c1-14(5-6-16-2)4-3-11-9(15)7-8(10)13-17-12-7/h3-6H2,1-2H3,(H2,10,13)(H,11,15). The van der Waals surface area contributed by atoms with Gasteiger partial charge in [-0.15, -0.1) is 0 Å². The first-order valence-electron chi connectivity index (χ1n) is 5.19. The number of nitrogens with zero attached hydrogens (tertiary/aromatic N) is 3. The Morgan fingerprint density at radius 2 is 2.29 bits per heavy atom. The molecule has 0 aromatic carbocycles. The minimum Gasteiger partial charge on any atom is -0.383 e. The average Bonchev–Trinajstić information content (AvgIpc) is 2.72. The van der Waals surface area contributed by atoms with Gasteiger partial charge in [-0.3, -0.25) is 4.79 Å². The van der Waals surface area contributed by atoms with Gasteiger partial charge in [0.05, 0.1) is 6.61 Å². The van der Waals surface area contributed by atoms with Crippen molar-refractivity contribution in [2.45, 2.75) is 0 Å². The van der Waals surface area contributed by atoms with Crippen LogP contribution in [0.4, 0.5) is 5.82 Å². The normalized spacial score (nSPS) is 10.8. The number of nitrogens with one attached hydrogen (secondary N) is 1. The van der Waals surface area contributed by atoms with Crippen molar-refractivity contribution in [3.05, 3.63) is 5.69 Å². The van der Waals surface area contributed by atoms with Crippen LogP contribution >= 0.6 is 0 Å². The zero-order valence-corrected chi connectivity index (χ0v) is 9.97. The fourth-order valence-electron chi connectivity index (χ4n) is 1.16. The molecule has 0 unspecified atom stereocenters. The van der Waals surface area contributed by atoms with Gasteiger partial charge in [0.2, 0.25) is 11.5 Å². The fraction of sp³-hybridized carbons (Fsp3) is 0.667. The van der Waals surface area contributed by atoms with Crippen molar-refractivity contribution in [3.63, 3.8) is 0 Å². The second-order valence-corrected chi connectivity index (χ2v) is 3.55. The number of anilines is 1. The molecule has 0 atom stereocenters. The maximum Gasteiger partial charge on any atom is 0.277 e. The van der Waals surface area contributed by atoms with Crippen molar-refractivity contribution in [2.24, 2.45) is 0 Å². The van der Waals surface area contributed by atoms with Gasteiger partial charge in [-0.1, -0.05) is 0 Å². The van der Waals surface area contributed by atoms with Crippen LogP contribution in [0.15, 0.2) is 4.63 Å². The second-order valence-electron chi connectivity index (χ2n) is 3.55. The molecule has 1 heterocycles. The monoisotopic (exact) mass is 243 g/mol. The predicted molar refractivity (Wildman–Crippen MR) is 60.4 cm³/mol. The molecule has 0 saturated heterocycles. The number of amides is 1. The number of likely N-dealkylation sites (N-methyl/N-ethyl adjacent to an activating group) is 1. The van der Waals surface area contributed by atoms with E-state index in [2.05, 4.69) is 20.3 Å². The van der Waals surface area contributed by atoms with E-state index in [1.165, 1.54) is 0 Å². The topological polar surface area (TPSA) is 107 Å². The predicted octanol–water partition coefficient (Wildman–Crippen LogP) is -1.04. The summed E-state index contributed by atoms with van der Waals surface area (Å²) in [6.45, 7) is 2.66. The van der Waals surface area contributed by atoms with E-state index in [1.54, 1.807) is 7.11 Å². The van der Waals surface area contributed by atoms with Crippen molar-refractivity contribution in [3.8, 4) is 0 Å². The van der Waals surface area contributed by atoms with Crippen molar-refractivity contribution in [2.75, 3.05) is 46.1 Å². The van der Waals surface area contributed by atoms with Gasteiger partial charge in [0, 0.05) is 26.7 Å². The van der Waals surface area contributed by atoms with Crippen LogP contribution in [-0.4, -0.2) is 61.5 Å². The molecule has 8 heteroatoms. The Hall–Kier alpha value is -1.67. The Balaban J connectivity index is 2.23. The summed E-state index contributed by atoms with van der Waals surface area (Å²) in [6, 6.07) is 0. The summed E-state index contributed by atoms with van der Waals surface area (Å²) in [5.41, 5.74) is 5.40. The zero-order valence-electron chi connectivity index (χ0n) is 9.97. The number of rotatable bonds is 7. The summed E-state index contributed by atoms with van der Waals surface area (Å²) in [6.07, 6.45) is 0. The first kappa shape index (κ1) is 13.4. The Labute approximate surface area is 99.0 Å². The molecule has 1 aromatic heterocycles. The van der Waals surface area contributed by atoms with Gasteiger partial charge in [0.1, 0.15) is 0 Å². The van der Waals surface area contributed by atoms with Gasteiger partial charge in [0.25, 0.3) is 5.91 Å². The van der Waals surface area contributed by atoms with E-state index in [4.69, 9.17) is 10.5 Å². The lowest BCUT2D eigenvalue weighted by atomic mass is 10.4. The number of methoxy groups -OCH3 is 1. The Morgan fingerprint density at radius 1 is 1.53 bits per heavy atom. The minimum atomic E-state index is -0.385. The van der Waals surface area contributed by atoms with E-state index in [-0.39, 0.29) is 17.4 Å². The van der Waals surface area contributed by atoms with E-state index in [1.807, 2.05) is 11.9 Å². The molecule has 96 valence electrons. The molecule has 0 aliphatic rings. The van der Waals surface area contributed by atoms with Crippen molar-refractivity contribution in [1.29, 1.82) is 0 Å². The molecule has 8 nitrogen and oxygen atoms in total. The van der Waals surface area contributed by atoms with E-state index in [9.17, 15) is 4.79 Å². The summed E-state index contributed by atoms with van der Waals surface area (Å²) in [5.74, 6) is -0.390. The first-order chi connectivity index (χ1) is 8.15. The summed E-state index contributed by atoms with van der Waals surface area (Å²) in [5, 5.41) is 9.40. The van der Waals surface area contributed by atoms with Crippen LogP contribution in [0, 0.1) is 0 Å². The highest BCUT2D eigenvalue weighted by molar-refractivity contribution is 5.95. The van der Waals surface area contributed by atoms with Crippen molar-refractivity contribution < 1.29 is 14.2 Å². The molecular weight excluding hydrogens is 226 g/mol. The lowest BCUT2D eigenvalue weighted by molar-refractivity contribution is 0.0938. The van der Waals surface area contributed by atoms with Crippen LogP contribution in [-0.2, 0) is 4.74 Å². The van der Waals surface area contributed by atoms with Gasteiger partial charge < -0.3 is 20.7 Å². The summed E-state index contributed by atoms with van der Waals surface area (Å²) in [7, 11) is 3.59. The molecule has 1 aromatic rings. The summed E-state index contributed by atoms with van der Waals surface area (Å²) < 4.78 is 9.27. The van der Waals surface area contributed by atoms with Crippen LogP contribution in [0.2, 0.25) is 0 Å². The van der Waals surface area contributed by atoms with Gasteiger partial charge in [-0.05, 0) is 17.4 Å². The number of aromatic nitrogens is 2. The largest absolute Gasteiger partial charge is 0.383 e. The number of carbonyl (C=O) groups excluding carboxylic acids is 1. The third-order valence-electron chi connectivity index (χ3n) is 2.19. The summed E-state index contributed by atoms with van der Waals surface area (Å²) in [4.78, 5) is 13.6. The van der Waals surface area contributed by atoms with Crippen LogP contribution in [0.5, 0.6) is 0 Å². The third kappa shape index (κ3) is 4.37. The van der Waals surface area contributed by atoms with Crippen LogP contribution in [0.1, 0.15) is 10.5 Å². The lowest BCUT2D eigenvalue weighted by Crippen LogP contribution is -2.34. The Morgan fingerprint density at radius 3 is 2.88 bits per heavy atom. The van der Waals surface area contributed by atoms with E-state index >= 15 is 0 Å². The molecule has 0 aliphatic heterocycles. The fourth-order valence-corrected chi connectivity index (χ4v) is 1.16. The molecule has 0 saturated carbocycles. The second kappa shape index (κ2) is 6.81. The highest BCUT2D eigenvalue weighted by atomic mass is 16.6. The van der Waals surface area contributed by atoms with Crippen LogP contribution < -0.4 is 11.1 Å². The molecule has 0 spiro atoms. The van der Waals surface area contributed by atoms with Gasteiger partial charge >= 0.3 is 0 Å². The van der Waals surface area contributed by atoms with E-state index < -0.39 is 0 Å². The molecule has 1 amide bonds. The van der Waals surface area contributed by atoms with Gasteiger partial charge in [-0.25, -0.2) is 4.63 Å².